The van der Waals surface area contributed by atoms with Crippen LogP contribution in [0.25, 0.3) is 0 Å². The first-order valence-electron chi connectivity index (χ1n) is 10.7. The zero-order valence-corrected chi connectivity index (χ0v) is 18.8. The zero-order chi connectivity index (χ0) is 23.3. The van der Waals surface area contributed by atoms with Gasteiger partial charge in [0.15, 0.2) is 0 Å². The van der Waals surface area contributed by atoms with Crippen molar-refractivity contribution < 1.29 is 19.2 Å². The molecule has 1 fully saturated rings. The number of nitrogens with zero attached hydrogens (tertiary/aromatic N) is 2. The molecular formula is C25H27N3O4. The standard InChI is InChI=1S/C25H27N3O4/c1-24(2,3)16-10-12-17(13-11-16)25(4)22(31)28(23(32)26-25)15-7-14-27-20(29)18-8-5-6-9-19(18)21(27)30/h5-6,8-13H,7,14-15H2,1-4H3,(H,26,32). The minimum atomic E-state index is -1.15. The second-order valence-corrected chi connectivity index (χ2v) is 9.50. The highest BCUT2D eigenvalue weighted by atomic mass is 16.2. The van der Waals surface area contributed by atoms with E-state index >= 15 is 0 Å². The van der Waals surface area contributed by atoms with Crippen LogP contribution in [-0.2, 0) is 15.7 Å². The lowest BCUT2D eigenvalue weighted by Gasteiger charge is -2.25. The average Bonchev–Trinajstić information content (AvgIpc) is 3.13. The fourth-order valence-corrected chi connectivity index (χ4v) is 4.23. The largest absolute Gasteiger partial charge is 0.325 e. The number of carbonyl (C=O) groups excluding carboxylic acids is 4. The number of carbonyl (C=O) groups is 4. The van der Waals surface area contributed by atoms with E-state index in [1.165, 1.54) is 4.90 Å². The molecule has 2 aromatic rings. The SMILES string of the molecule is CC(C)(C)c1ccc(C2(C)NC(=O)N(CCCN3C(=O)c4ccccc4C3=O)C2=O)cc1. The number of fused-ring (bicyclic) bond motifs is 1. The van der Waals surface area contributed by atoms with Crippen LogP contribution in [0.4, 0.5) is 4.79 Å². The summed E-state index contributed by atoms with van der Waals surface area (Å²) in [5, 5.41) is 2.80. The molecule has 1 saturated heterocycles. The van der Waals surface area contributed by atoms with Crippen molar-refractivity contribution in [3.05, 3.63) is 70.8 Å². The third kappa shape index (κ3) is 3.47. The summed E-state index contributed by atoms with van der Waals surface area (Å²) in [5.41, 5.74) is 1.46. The van der Waals surface area contributed by atoms with Crippen LogP contribution in [0.3, 0.4) is 0 Å². The van der Waals surface area contributed by atoms with Gasteiger partial charge in [-0.2, -0.15) is 0 Å². The van der Waals surface area contributed by atoms with E-state index < -0.39 is 11.6 Å². The lowest BCUT2D eigenvalue weighted by Crippen LogP contribution is -2.41. The predicted molar refractivity (Wildman–Crippen MR) is 119 cm³/mol. The molecule has 32 heavy (non-hydrogen) atoms. The smallest absolute Gasteiger partial charge is 0.319 e. The van der Waals surface area contributed by atoms with Gasteiger partial charge in [0, 0.05) is 13.1 Å². The molecule has 0 spiro atoms. The van der Waals surface area contributed by atoms with E-state index in [1.807, 2.05) is 24.3 Å². The third-order valence-electron chi connectivity index (χ3n) is 6.24. The number of imide groups is 2. The molecule has 166 valence electrons. The molecule has 1 N–H and O–H groups in total. The van der Waals surface area contributed by atoms with Crippen molar-refractivity contribution in [2.75, 3.05) is 13.1 Å². The molecule has 2 heterocycles. The molecule has 0 bridgehead atoms. The molecule has 2 aliphatic rings. The van der Waals surface area contributed by atoms with Crippen molar-refractivity contribution in [2.24, 2.45) is 0 Å². The molecular weight excluding hydrogens is 406 g/mol. The molecule has 1 unspecified atom stereocenters. The van der Waals surface area contributed by atoms with Crippen molar-refractivity contribution >= 4 is 23.8 Å². The quantitative estimate of drug-likeness (QED) is 0.578. The first-order chi connectivity index (χ1) is 15.0. The Morgan fingerprint density at radius 1 is 0.812 bits per heavy atom. The van der Waals surface area contributed by atoms with E-state index in [0.717, 1.165) is 10.5 Å². The normalized spacial score (nSPS) is 20.8. The second kappa shape index (κ2) is 7.58. The van der Waals surface area contributed by atoms with Crippen molar-refractivity contribution in [3.63, 3.8) is 0 Å². The summed E-state index contributed by atoms with van der Waals surface area (Å²) in [6.45, 7) is 8.30. The van der Waals surface area contributed by atoms with Gasteiger partial charge in [-0.1, -0.05) is 57.2 Å². The molecule has 2 aromatic carbocycles. The average molecular weight is 434 g/mol. The molecule has 0 aromatic heterocycles. The summed E-state index contributed by atoms with van der Waals surface area (Å²) in [6, 6.07) is 13.9. The Morgan fingerprint density at radius 3 is 1.88 bits per heavy atom. The van der Waals surface area contributed by atoms with E-state index in [-0.39, 0.29) is 36.2 Å². The summed E-state index contributed by atoms with van der Waals surface area (Å²) in [5.74, 6) is -1.02. The van der Waals surface area contributed by atoms with Gasteiger partial charge in [0.1, 0.15) is 5.54 Å². The van der Waals surface area contributed by atoms with E-state index in [2.05, 4.69) is 26.1 Å². The predicted octanol–water partition coefficient (Wildman–Crippen LogP) is 3.44. The van der Waals surface area contributed by atoms with Gasteiger partial charge in [0.05, 0.1) is 11.1 Å². The van der Waals surface area contributed by atoms with Crippen LogP contribution < -0.4 is 5.32 Å². The Kier molecular flexibility index (Phi) is 5.15. The maximum absolute atomic E-state index is 13.1. The van der Waals surface area contributed by atoms with Gasteiger partial charge in [0.25, 0.3) is 17.7 Å². The van der Waals surface area contributed by atoms with E-state index in [0.29, 0.717) is 23.1 Å². The second-order valence-electron chi connectivity index (χ2n) is 9.50. The number of urea groups is 1. The van der Waals surface area contributed by atoms with Gasteiger partial charge < -0.3 is 5.32 Å². The first-order valence-corrected chi connectivity index (χ1v) is 10.7. The topological polar surface area (TPSA) is 86.8 Å². The lowest BCUT2D eigenvalue weighted by molar-refractivity contribution is -0.131. The van der Waals surface area contributed by atoms with Crippen LogP contribution >= 0.6 is 0 Å². The number of nitrogens with one attached hydrogen (secondary N) is 1. The number of hydrogen-bond donors (Lipinski definition) is 1. The fraction of sp³-hybridized carbons (Fsp3) is 0.360. The molecule has 0 saturated carbocycles. The molecule has 7 heteroatoms. The van der Waals surface area contributed by atoms with Crippen LogP contribution in [0.2, 0.25) is 0 Å². The maximum atomic E-state index is 13.1. The summed E-state index contributed by atoms with van der Waals surface area (Å²) >= 11 is 0. The van der Waals surface area contributed by atoms with Crippen molar-refractivity contribution in [3.8, 4) is 0 Å². The van der Waals surface area contributed by atoms with Crippen molar-refractivity contribution in [2.45, 2.75) is 45.1 Å². The highest BCUT2D eigenvalue weighted by Gasteiger charge is 2.48. The molecule has 2 aliphatic heterocycles. The summed E-state index contributed by atoms with van der Waals surface area (Å²) in [7, 11) is 0. The Labute approximate surface area is 187 Å². The fourth-order valence-electron chi connectivity index (χ4n) is 4.23. The van der Waals surface area contributed by atoms with Crippen molar-refractivity contribution in [1.82, 2.24) is 15.1 Å². The van der Waals surface area contributed by atoms with E-state index in [9.17, 15) is 19.2 Å². The molecule has 1 atom stereocenters. The Morgan fingerprint density at radius 2 is 1.34 bits per heavy atom. The summed E-state index contributed by atoms with van der Waals surface area (Å²) in [6.07, 6.45) is 0.309. The van der Waals surface area contributed by atoms with Gasteiger partial charge in [-0.05, 0) is 42.0 Å². The van der Waals surface area contributed by atoms with Crippen LogP contribution in [0.15, 0.2) is 48.5 Å². The van der Waals surface area contributed by atoms with Crippen LogP contribution in [0.1, 0.15) is 66.0 Å². The number of rotatable bonds is 5. The van der Waals surface area contributed by atoms with Crippen LogP contribution in [0.5, 0.6) is 0 Å². The minimum Gasteiger partial charge on any atom is -0.319 e. The highest BCUT2D eigenvalue weighted by Crippen LogP contribution is 2.31. The van der Waals surface area contributed by atoms with Crippen molar-refractivity contribution in [1.29, 1.82) is 0 Å². The zero-order valence-electron chi connectivity index (χ0n) is 18.8. The number of amides is 5. The Hall–Kier alpha value is -3.48. The van der Waals surface area contributed by atoms with E-state index in [4.69, 9.17) is 0 Å². The van der Waals surface area contributed by atoms with Crippen LogP contribution in [0, 0.1) is 0 Å². The molecule has 0 radical (unpaired) electrons. The highest BCUT2D eigenvalue weighted by molar-refractivity contribution is 6.21. The Balaban J connectivity index is 1.43. The molecule has 7 nitrogen and oxygen atoms in total. The number of hydrogen-bond acceptors (Lipinski definition) is 4. The lowest BCUT2D eigenvalue weighted by atomic mass is 9.84. The summed E-state index contributed by atoms with van der Waals surface area (Å²) in [4.78, 5) is 53.1. The first kappa shape index (κ1) is 21.7. The Bertz CT molecular complexity index is 1080. The van der Waals surface area contributed by atoms with Gasteiger partial charge in [-0.3, -0.25) is 24.2 Å². The van der Waals surface area contributed by atoms with Gasteiger partial charge in [-0.25, -0.2) is 4.79 Å². The summed E-state index contributed by atoms with van der Waals surface area (Å²) < 4.78 is 0. The van der Waals surface area contributed by atoms with Gasteiger partial charge >= 0.3 is 6.03 Å². The number of benzene rings is 2. The third-order valence-corrected chi connectivity index (χ3v) is 6.24. The van der Waals surface area contributed by atoms with E-state index in [1.54, 1.807) is 31.2 Å². The van der Waals surface area contributed by atoms with Gasteiger partial charge in [0.2, 0.25) is 0 Å². The van der Waals surface area contributed by atoms with Gasteiger partial charge in [-0.15, -0.1) is 0 Å². The molecule has 4 rings (SSSR count). The molecule has 5 amide bonds. The maximum Gasteiger partial charge on any atom is 0.325 e. The molecule has 0 aliphatic carbocycles. The van der Waals surface area contributed by atoms with Crippen LogP contribution in [-0.4, -0.2) is 46.6 Å². The monoisotopic (exact) mass is 433 g/mol. The minimum absolute atomic E-state index is 0.0154.